The monoisotopic (exact) mass is 322 g/mol. The lowest BCUT2D eigenvalue weighted by Gasteiger charge is -2.42. The standard InChI is InChI=1S/C18H30N2O3/c1-14(2)11-20-9-8-19(13-16(20)7-10-21)12-15-5-4-6-17(23-3)18(15)22/h4-6,14,16,21-22H,7-13H2,1-3H3. The van der Waals surface area contributed by atoms with Gasteiger partial charge in [-0.05, 0) is 18.4 Å². The summed E-state index contributed by atoms with van der Waals surface area (Å²) in [5, 5.41) is 19.6. The van der Waals surface area contributed by atoms with Crippen molar-refractivity contribution in [1.29, 1.82) is 0 Å². The van der Waals surface area contributed by atoms with Crippen LogP contribution in [0.15, 0.2) is 18.2 Å². The van der Waals surface area contributed by atoms with E-state index in [-0.39, 0.29) is 12.4 Å². The van der Waals surface area contributed by atoms with Crippen LogP contribution >= 0.6 is 0 Å². The number of phenolic OH excluding ortho intramolecular Hbond substituents is 1. The Bertz CT molecular complexity index is 493. The maximum atomic E-state index is 10.3. The Morgan fingerprint density at radius 3 is 2.74 bits per heavy atom. The minimum absolute atomic E-state index is 0.220. The van der Waals surface area contributed by atoms with Crippen molar-refractivity contribution >= 4 is 0 Å². The van der Waals surface area contributed by atoms with Gasteiger partial charge in [0.05, 0.1) is 7.11 Å². The highest BCUT2D eigenvalue weighted by atomic mass is 16.5. The Labute approximate surface area is 139 Å². The van der Waals surface area contributed by atoms with Gasteiger partial charge in [0.15, 0.2) is 11.5 Å². The van der Waals surface area contributed by atoms with E-state index in [0.717, 1.165) is 38.2 Å². The van der Waals surface area contributed by atoms with Gasteiger partial charge in [-0.2, -0.15) is 0 Å². The van der Waals surface area contributed by atoms with Gasteiger partial charge in [-0.3, -0.25) is 9.80 Å². The molecule has 1 heterocycles. The first-order valence-corrected chi connectivity index (χ1v) is 8.47. The Hall–Kier alpha value is -1.30. The number of aromatic hydroxyl groups is 1. The number of aliphatic hydroxyl groups is 1. The summed E-state index contributed by atoms with van der Waals surface area (Å²) in [5.41, 5.74) is 0.893. The van der Waals surface area contributed by atoms with Crippen molar-refractivity contribution in [1.82, 2.24) is 9.80 Å². The molecule has 1 fully saturated rings. The average Bonchev–Trinajstić information content (AvgIpc) is 2.52. The predicted octanol–water partition coefficient (Wildman–Crippen LogP) is 1.93. The summed E-state index contributed by atoms with van der Waals surface area (Å²) in [7, 11) is 1.57. The number of benzene rings is 1. The molecule has 1 aromatic rings. The van der Waals surface area contributed by atoms with Crippen LogP contribution in [0.1, 0.15) is 25.8 Å². The number of methoxy groups -OCH3 is 1. The van der Waals surface area contributed by atoms with E-state index in [2.05, 4.69) is 23.6 Å². The number of aliphatic hydroxyl groups excluding tert-OH is 1. The number of nitrogens with zero attached hydrogens (tertiary/aromatic N) is 2. The van der Waals surface area contributed by atoms with E-state index in [9.17, 15) is 10.2 Å². The molecule has 5 heteroatoms. The molecule has 1 aliphatic rings. The largest absolute Gasteiger partial charge is 0.504 e. The molecule has 0 aromatic heterocycles. The third kappa shape index (κ3) is 4.83. The molecule has 0 bridgehead atoms. The van der Waals surface area contributed by atoms with Crippen LogP contribution in [0, 0.1) is 5.92 Å². The summed E-state index contributed by atoms with van der Waals surface area (Å²) in [5.74, 6) is 1.39. The molecule has 1 saturated heterocycles. The van der Waals surface area contributed by atoms with Gasteiger partial charge in [-0.15, -0.1) is 0 Å². The van der Waals surface area contributed by atoms with Crippen LogP contribution in [0.4, 0.5) is 0 Å². The molecule has 2 N–H and O–H groups in total. The SMILES string of the molecule is COc1cccc(CN2CCN(CC(C)C)C(CCO)C2)c1O. The molecule has 0 amide bonds. The molecule has 1 aliphatic heterocycles. The van der Waals surface area contributed by atoms with Gasteiger partial charge >= 0.3 is 0 Å². The first-order chi connectivity index (χ1) is 11.0. The zero-order valence-electron chi connectivity index (χ0n) is 14.5. The van der Waals surface area contributed by atoms with E-state index < -0.39 is 0 Å². The molecule has 2 rings (SSSR count). The highest BCUT2D eigenvalue weighted by molar-refractivity contribution is 5.45. The normalized spacial score (nSPS) is 20.1. The van der Waals surface area contributed by atoms with Crippen LogP contribution in [0.3, 0.4) is 0 Å². The summed E-state index contributed by atoms with van der Waals surface area (Å²) in [6.07, 6.45) is 0.799. The van der Waals surface area contributed by atoms with E-state index in [1.807, 2.05) is 12.1 Å². The Morgan fingerprint density at radius 1 is 1.30 bits per heavy atom. The predicted molar refractivity (Wildman–Crippen MR) is 91.8 cm³/mol. The Balaban J connectivity index is 2.02. The second-order valence-corrected chi connectivity index (χ2v) is 6.76. The van der Waals surface area contributed by atoms with E-state index in [0.29, 0.717) is 24.3 Å². The van der Waals surface area contributed by atoms with Gasteiger partial charge in [0.1, 0.15) is 0 Å². The van der Waals surface area contributed by atoms with Crippen LogP contribution in [-0.4, -0.2) is 66.0 Å². The highest BCUT2D eigenvalue weighted by Crippen LogP contribution is 2.30. The maximum absolute atomic E-state index is 10.3. The third-order valence-corrected chi connectivity index (χ3v) is 4.45. The van der Waals surface area contributed by atoms with Gasteiger partial charge in [0.2, 0.25) is 0 Å². The molecule has 0 saturated carbocycles. The van der Waals surface area contributed by atoms with Crippen molar-refractivity contribution in [2.24, 2.45) is 5.92 Å². The molecule has 1 aromatic carbocycles. The number of phenols is 1. The summed E-state index contributed by atoms with van der Waals surface area (Å²) in [6.45, 7) is 9.37. The van der Waals surface area contributed by atoms with Crippen LogP contribution in [0.2, 0.25) is 0 Å². The van der Waals surface area contributed by atoms with E-state index in [1.54, 1.807) is 13.2 Å². The van der Waals surface area contributed by atoms with Crippen molar-refractivity contribution in [3.63, 3.8) is 0 Å². The fourth-order valence-corrected chi connectivity index (χ4v) is 3.33. The minimum Gasteiger partial charge on any atom is -0.504 e. The topological polar surface area (TPSA) is 56.2 Å². The van der Waals surface area contributed by atoms with Gasteiger partial charge in [-0.1, -0.05) is 26.0 Å². The van der Waals surface area contributed by atoms with Crippen molar-refractivity contribution < 1.29 is 14.9 Å². The number of rotatable bonds is 7. The first-order valence-electron chi connectivity index (χ1n) is 8.47. The lowest BCUT2D eigenvalue weighted by atomic mass is 10.0. The lowest BCUT2D eigenvalue weighted by molar-refractivity contribution is 0.0473. The molecule has 130 valence electrons. The maximum Gasteiger partial charge on any atom is 0.162 e. The summed E-state index contributed by atoms with van der Waals surface area (Å²) < 4.78 is 5.19. The number of piperazine rings is 1. The quantitative estimate of drug-likeness (QED) is 0.803. The molecule has 0 spiro atoms. The molecule has 0 aliphatic carbocycles. The van der Waals surface area contributed by atoms with Crippen molar-refractivity contribution in [2.45, 2.75) is 32.9 Å². The number of para-hydroxylation sites is 1. The third-order valence-electron chi connectivity index (χ3n) is 4.45. The van der Waals surface area contributed by atoms with Crippen LogP contribution in [0.5, 0.6) is 11.5 Å². The van der Waals surface area contributed by atoms with Crippen LogP contribution in [0.25, 0.3) is 0 Å². The van der Waals surface area contributed by atoms with Gasteiger partial charge < -0.3 is 14.9 Å². The van der Waals surface area contributed by atoms with Crippen molar-refractivity contribution in [3.8, 4) is 11.5 Å². The molecular weight excluding hydrogens is 292 g/mol. The smallest absolute Gasteiger partial charge is 0.162 e. The van der Waals surface area contributed by atoms with Gasteiger partial charge in [-0.25, -0.2) is 0 Å². The summed E-state index contributed by atoms with van der Waals surface area (Å²) in [6, 6.07) is 6.01. The fourth-order valence-electron chi connectivity index (χ4n) is 3.33. The van der Waals surface area contributed by atoms with Gasteiger partial charge in [0, 0.05) is 50.9 Å². The van der Waals surface area contributed by atoms with Crippen molar-refractivity contribution in [3.05, 3.63) is 23.8 Å². The number of hydrogen-bond donors (Lipinski definition) is 2. The molecule has 5 nitrogen and oxygen atoms in total. The molecule has 1 unspecified atom stereocenters. The van der Waals surface area contributed by atoms with E-state index >= 15 is 0 Å². The summed E-state index contributed by atoms with van der Waals surface area (Å²) >= 11 is 0. The fraction of sp³-hybridized carbons (Fsp3) is 0.667. The molecule has 0 radical (unpaired) electrons. The van der Waals surface area contributed by atoms with Crippen LogP contribution < -0.4 is 4.74 Å². The molecular formula is C18H30N2O3. The highest BCUT2D eigenvalue weighted by Gasteiger charge is 2.27. The van der Waals surface area contributed by atoms with E-state index in [4.69, 9.17) is 4.74 Å². The lowest BCUT2D eigenvalue weighted by Crippen LogP contribution is -2.53. The second kappa shape index (κ2) is 8.52. The zero-order valence-corrected chi connectivity index (χ0v) is 14.5. The first kappa shape index (κ1) is 18.0. The second-order valence-electron chi connectivity index (χ2n) is 6.76. The number of hydrogen-bond acceptors (Lipinski definition) is 5. The molecule has 1 atom stereocenters. The minimum atomic E-state index is 0.220. The Kier molecular flexibility index (Phi) is 6.69. The molecule has 23 heavy (non-hydrogen) atoms. The van der Waals surface area contributed by atoms with E-state index in [1.165, 1.54) is 0 Å². The van der Waals surface area contributed by atoms with Crippen molar-refractivity contribution in [2.75, 3.05) is 39.9 Å². The Morgan fingerprint density at radius 2 is 2.09 bits per heavy atom. The zero-order chi connectivity index (χ0) is 16.8. The van der Waals surface area contributed by atoms with Crippen LogP contribution in [-0.2, 0) is 6.54 Å². The average molecular weight is 322 g/mol. The number of ether oxygens (including phenoxy) is 1. The summed E-state index contributed by atoms with van der Waals surface area (Å²) in [4.78, 5) is 4.84. The van der Waals surface area contributed by atoms with Gasteiger partial charge in [0.25, 0.3) is 0 Å².